The average molecular weight is 152 g/mol. The Morgan fingerprint density at radius 3 is 1.88 bits per heavy atom. The van der Waals surface area contributed by atoms with Crippen molar-refractivity contribution in [1.29, 1.82) is 0 Å². The van der Waals surface area contributed by atoms with Crippen molar-refractivity contribution in [2.24, 2.45) is 0 Å². The molecule has 0 N–H and O–H groups in total. The first-order valence-electron chi connectivity index (χ1n) is 1.89. The molecule has 1 aliphatic rings. The van der Waals surface area contributed by atoms with Gasteiger partial charge < -0.3 is 5.98 Å². The summed E-state index contributed by atoms with van der Waals surface area (Å²) in [4.78, 5) is 0. The van der Waals surface area contributed by atoms with Crippen molar-refractivity contribution in [2.45, 2.75) is 18.1 Å². The summed E-state index contributed by atoms with van der Waals surface area (Å²) < 4.78 is 19.5. The predicted octanol–water partition coefficient (Wildman–Crippen LogP) is -5.85. The van der Waals surface area contributed by atoms with Crippen molar-refractivity contribution in [2.75, 3.05) is 0 Å². The minimum Gasteiger partial charge on any atom is -1.00 e. The molecule has 1 aliphatic carbocycles. The molecule has 0 amide bonds. The molecule has 0 aromatic rings. The molecule has 0 heterocycles. The maximum absolute atomic E-state index is 9.76. The molecule has 0 aliphatic heterocycles. The second kappa shape index (κ2) is 5.86. The molecule has 1 atom stereocenters. The second-order valence-corrected chi connectivity index (χ2v) is 2.65. The van der Waals surface area contributed by atoms with Gasteiger partial charge in [0.2, 0.25) is 0 Å². The number of hydrogen-bond donors (Lipinski definition) is 0. The molecular weight excluding hydrogens is 146 g/mol. The first-order valence-corrected chi connectivity index (χ1v) is 3.02. The van der Waals surface area contributed by atoms with Crippen molar-refractivity contribution in [3.8, 4) is 0 Å². The van der Waals surface area contributed by atoms with E-state index in [4.69, 9.17) is 0 Å². The summed E-state index contributed by atoms with van der Waals surface area (Å²) in [5.41, 5.74) is 0. The van der Waals surface area contributed by atoms with Crippen LogP contribution in [-0.2, 0) is 11.1 Å². The molecule has 1 fully saturated rings. The molecule has 0 bridgehead atoms. The Balaban J connectivity index is -0.000000120. The van der Waals surface area contributed by atoms with Crippen LogP contribution >= 0.6 is 0 Å². The molecule has 0 spiro atoms. The van der Waals surface area contributed by atoms with E-state index < -0.39 is 11.1 Å². The molecule has 5 heteroatoms. The summed E-state index contributed by atoms with van der Waals surface area (Å²) in [5.74, 6) is 0. The van der Waals surface area contributed by atoms with Crippen LogP contribution in [0.4, 0.5) is 0 Å². The maximum Gasteiger partial charge on any atom is 1.00 e. The third kappa shape index (κ3) is 4.94. The summed E-state index contributed by atoms with van der Waals surface area (Å²) in [5, 5.41) is 0.0185. The Bertz CT molecular complexity index is 87.9. The van der Waals surface area contributed by atoms with E-state index in [9.17, 15) is 8.76 Å². The molecule has 0 radical (unpaired) electrons. The van der Waals surface area contributed by atoms with Gasteiger partial charge in [-0.25, -0.2) is 0 Å². The van der Waals surface area contributed by atoms with E-state index in [1.807, 2.05) is 0 Å². The average Bonchev–Trinajstić information content (AvgIpc) is 2.06. The molecule has 0 aromatic heterocycles. The molecule has 38 valence electrons. The Labute approximate surface area is 97.2 Å². The van der Waals surface area contributed by atoms with Crippen molar-refractivity contribution in [1.82, 2.24) is 0 Å². The van der Waals surface area contributed by atoms with E-state index in [0.717, 1.165) is 12.8 Å². The van der Waals surface area contributed by atoms with Crippen LogP contribution in [0.2, 0.25) is 0 Å². The van der Waals surface area contributed by atoms with Gasteiger partial charge in [-0.1, -0.05) is 11.1 Å². The van der Waals surface area contributed by atoms with Crippen LogP contribution in [0.5, 0.6) is 0 Å². The SMILES string of the molecule is O=S([O-])C1CC1.[H-].[Na+].[Na+]. The van der Waals surface area contributed by atoms with E-state index in [0.29, 0.717) is 0 Å². The van der Waals surface area contributed by atoms with Gasteiger partial charge in [-0.3, -0.25) is 4.21 Å². The Morgan fingerprint density at radius 1 is 1.50 bits per heavy atom. The molecule has 0 aromatic carbocycles. The Hall–Kier alpha value is 2.11. The third-order valence-corrected chi connectivity index (χ3v) is 1.81. The van der Waals surface area contributed by atoms with Crippen molar-refractivity contribution < 1.29 is 69.3 Å². The zero-order valence-corrected chi connectivity index (χ0v) is 10.0. The summed E-state index contributed by atoms with van der Waals surface area (Å²) in [7, 11) is 0. The van der Waals surface area contributed by atoms with Crippen LogP contribution in [-0.4, -0.2) is 14.0 Å². The van der Waals surface area contributed by atoms with Crippen molar-refractivity contribution >= 4 is 11.1 Å². The predicted molar refractivity (Wildman–Crippen MR) is 23.1 cm³/mol. The van der Waals surface area contributed by atoms with Crippen LogP contribution in [0.25, 0.3) is 0 Å². The van der Waals surface area contributed by atoms with Gasteiger partial charge in [-0.05, 0) is 12.8 Å². The zero-order chi connectivity index (χ0) is 4.57. The summed E-state index contributed by atoms with van der Waals surface area (Å²) in [6.07, 6.45) is 1.77. The van der Waals surface area contributed by atoms with Crippen LogP contribution in [0, 0.1) is 0 Å². The summed E-state index contributed by atoms with van der Waals surface area (Å²) >= 11 is -1.76. The molecular formula is C3H6Na2O2S. The first kappa shape index (κ1) is 12.8. The second-order valence-electron chi connectivity index (χ2n) is 1.46. The van der Waals surface area contributed by atoms with E-state index in [-0.39, 0.29) is 65.8 Å². The van der Waals surface area contributed by atoms with Gasteiger partial charge in [0.25, 0.3) is 0 Å². The molecule has 0 saturated heterocycles. The van der Waals surface area contributed by atoms with Crippen LogP contribution < -0.4 is 59.1 Å². The Kier molecular flexibility index (Phi) is 9.35. The zero-order valence-electron chi connectivity index (χ0n) is 6.22. The maximum atomic E-state index is 9.76. The van der Waals surface area contributed by atoms with Crippen LogP contribution in [0.3, 0.4) is 0 Å². The number of rotatable bonds is 1. The molecule has 1 unspecified atom stereocenters. The molecule has 1 rings (SSSR count). The fourth-order valence-electron chi connectivity index (χ4n) is 0.260. The normalized spacial score (nSPS) is 20.1. The molecule has 1 saturated carbocycles. The van der Waals surface area contributed by atoms with E-state index in [1.54, 1.807) is 0 Å². The number of hydrogen-bond acceptors (Lipinski definition) is 2. The van der Waals surface area contributed by atoms with Crippen molar-refractivity contribution in [3.63, 3.8) is 0 Å². The van der Waals surface area contributed by atoms with Gasteiger partial charge in [0.1, 0.15) is 0 Å². The quantitative estimate of drug-likeness (QED) is 0.277. The smallest absolute Gasteiger partial charge is 1.00 e. The fourth-order valence-corrected chi connectivity index (χ4v) is 0.781. The molecule has 8 heavy (non-hydrogen) atoms. The molecule has 2 nitrogen and oxygen atoms in total. The minimum atomic E-state index is -1.76. The largest absolute Gasteiger partial charge is 1.00 e. The van der Waals surface area contributed by atoms with Crippen molar-refractivity contribution in [3.05, 3.63) is 0 Å². The van der Waals surface area contributed by atoms with Gasteiger partial charge in [0.05, 0.1) is 0 Å². The monoisotopic (exact) mass is 152 g/mol. The van der Waals surface area contributed by atoms with Crippen LogP contribution in [0.15, 0.2) is 0 Å². The van der Waals surface area contributed by atoms with E-state index in [2.05, 4.69) is 0 Å². The van der Waals surface area contributed by atoms with Gasteiger partial charge >= 0.3 is 59.1 Å². The van der Waals surface area contributed by atoms with E-state index in [1.165, 1.54) is 0 Å². The fraction of sp³-hybridized carbons (Fsp3) is 1.00. The standard InChI is InChI=1S/C3H6O2S.2Na.H/c4-6(5)3-1-2-3;;;/h3H,1-2H2,(H,4,5);;;/q;2*+1;-1/p-1. The Morgan fingerprint density at radius 2 is 1.88 bits per heavy atom. The van der Waals surface area contributed by atoms with Gasteiger partial charge in [0.15, 0.2) is 0 Å². The minimum absolute atomic E-state index is 0. The first-order chi connectivity index (χ1) is 2.80. The topological polar surface area (TPSA) is 40.1 Å². The van der Waals surface area contributed by atoms with Gasteiger partial charge in [-0.2, -0.15) is 0 Å². The van der Waals surface area contributed by atoms with E-state index >= 15 is 0 Å². The van der Waals surface area contributed by atoms with Crippen LogP contribution in [0.1, 0.15) is 14.3 Å². The third-order valence-electron chi connectivity index (χ3n) is 0.797. The van der Waals surface area contributed by atoms with Gasteiger partial charge in [-0.15, -0.1) is 0 Å². The summed E-state index contributed by atoms with van der Waals surface area (Å²) in [6, 6.07) is 0. The summed E-state index contributed by atoms with van der Waals surface area (Å²) in [6.45, 7) is 0. The van der Waals surface area contributed by atoms with Gasteiger partial charge in [0, 0.05) is 5.25 Å².